The molecule has 1 unspecified atom stereocenters. The van der Waals surface area contributed by atoms with Crippen molar-refractivity contribution in [1.29, 1.82) is 0 Å². The number of likely N-dealkylation sites (N-methyl/N-ethyl adjacent to an activating group) is 2. The maximum absolute atomic E-state index is 11.1. The molecule has 1 aliphatic heterocycles. The van der Waals surface area contributed by atoms with Gasteiger partial charge in [-0.1, -0.05) is 6.92 Å². The van der Waals surface area contributed by atoms with Crippen molar-refractivity contribution in [2.45, 2.75) is 25.8 Å². The summed E-state index contributed by atoms with van der Waals surface area (Å²) in [7, 11) is 1.81. The maximum Gasteiger partial charge on any atom is 0.353 e. The monoisotopic (exact) mass is 280 g/mol. The Balaban J connectivity index is 2.19. The lowest BCUT2D eigenvalue weighted by atomic mass is 10.2. The van der Waals surface area contributed by atoms with Gasteiger partial charge in [0.15, 0.2) is 0 Å². The first-order valence-corrected chi connectivity index (χ1v) is 6.74. The molecule has 0 bridgehead atoms. The second-order valence-electron chi connectivity index (χ2n) is 4.99. The molecule has 8 nitrogen and oxygen atoms in total. The van der Waals surface area contributed by atoms with E-state index in [1.807, 2.05) is 0 Å². The van der Waals surface area contributed by atoms with Crippen LogP contribution < -0.4 is 10.6 Å². The number of hydrogen-bond acceptors (Lipinski definition) is 7. The van der Waals surface area contributed by atoms with Crippen molar-refractivity contribution in [2.24, 2.45) is 0 Å². The zero-order valence-corrected chi connectivity index (χ0v) is 11.8. The van der Waals surface area contributed by atoms with Gasteiger partial charge in [-0.25, -0.2) is 9.97 Å². The van der Waals surface area contributed by atoms with Crippen LogP contribution in [0, 0.1) is 10.1 Å². The van der Waals surface area contributed by atoms with Crippen molar-refractivity contribution in [3.05, 3.63) is 16.4 Å². The molecule has 0 radical (unpaired) electrons. The molecular formula is C12H20N6O2. The van der Waals surface area contributed by atoms with E-state index < -0.39 is 4.92 Å². The average molecular weight is 280 g/mol. The molecular weight excluding hydrogens is 260 g/mol. The van der Waals surface area contributed by atoms with Crippen LogP contribution in [0.15, 0.2) is 6.33 Å². The molecule has 1 aromatic heterocycles. The molecule has 0 spiro atoms. The second kappa shape index (κ2) is 6.00. The summed E-state index contributed by atoms with van der Waals surface area (Å²) in [5.41, 5.74) is 5.38. The van der Waals surface area contributed by atoms with Crippen molar-refractivity contribution >= 4 is 17.3 Å². The third-order valence-electron chi connectivity index (χ3n) is 3.77. The lowest BCUT2D eigenvalue weighted by Crippen LogP contribution is -2.39. The summed E-state index contributed by atoms with van der Waals surface area (Å²) < 4.78 is 0. The van der Waals surface area contributed by atoms with Crippen LogP contribution in [0.3, 0.4) is 0 Å². The topological polar surface area (TPSA) is 101 Å². The number of aromatic nitrogens is 2. The fourth-order valence-electron chi connectivity index (χ4n) is 2.76. The zero-order chi connectivity index (χ0) is 14.7. The normalized spacial score (nSPS) is 19.2. The minimum Gasteiger partial charge on any atom is -0.378 e. The number of anilines is 2. The van der Waals surface area contributed by atoms with Gasteiger partial charge in [-0.15, -0.1) is 0 Å². The number of likely N-dealkylation sites (tertiary alicyclic amines) is 1. The standard InChI is InChI=1S/C12H20N6O2/c1-3-17-6-4-5-9(17)7-16(2)12-10(18(19)20)11(13)14-8-15-12/h8-9H,3-7H2,1-2H3,(H2,13,14,15). The van der Waals surface area contributed by atoms with Gasteiger partial charge < -0.3 is 10.6 Å². The molecule has 2 N–H and O–H groups in total. The molecule has 0 aromatic carbocycles. The van der Waals surface area contributed by atoms with Crippen LogP contribution in [0.4, 0.5) is 17.3 Å². The fourth-order valence-corrected chi connectivity index (χ4v) is 2.76. The Morgan fingerprint density at radius 1 is 1.60 bits per heavy atom. The number of nitrogens with zero attached hydrogens (tertiary/aromatic N) is 5. The number of nitro groups is 1. The summed E-state index contributed by atoms with van der Waals surface area (Å²) in [5.74, 6) is 0.191. The van der Waals surface area contributed by atoms with Gasteiger partial charge in [0, 0.05) is 19.6 Å². The summed E-state index contributed by atoms with van der Waals surface area (Å²) in [4.78, 5) is 22.5. The highest BCUT2D eigenvalue weighted by Gasteiger charge is 2.28. The Morgan fingerprint density at radius 2 is 2.35 bits per heavy atom. The highest BCUT2D eigenvalue weighted by atomic mass is 16.6. The van der Waals surface area contributed by atoms with Crippen LogP contribution in [0.2, 0.25) is 0 Å². The molecule has 0 aliphatic carbocycles. The SMILES string of the molecule is CCN1CCCC1CN(C)c1ncnc(N)c1[N+](=O)[O-]. The van der Waals surface area contributed by atoms with Crippen LogP contribution in [-0.4, -0.2) is 52.5 Å². The van der Waals surface area contributed by atoms with Crippen molar-refractivity contribution in [2.75, 3.05) is 37.3 Å². The number of nitrogen functional groups attached to an aromatic ring is 1. The van der Waals surface area contributed by atoms with Crippen LogP contribution in [0.5, 0.6) is 0 Å². The molecule has 2 heterocycles. The Labute approximate surface area is 117 Å². The Kier molecular flexibility index (Phi) is 4.33. The highest BCUT2D eigenvalue weighted by molar-refractivity contribution is 5.68. The summed E-state index contributed by atoms with van der Waals surface area (Å²) in [6, 6.07) is 0.404. The minimum atomic E-state index is -0.520. The zero-order valence-electron chi connectivity index (χ0n) is 11.8. The van der Waals surface area contributed by atoms with Crippen molar-refractivity contribution in [3.8, 4) is 0 Å². The van der Waals surface area contributed by atoms with E-state index in [4.69, 9.17) is 5.73 Å². The van der Waals surface area contributed by atoms with Crippen LogP contribution >= 0.6 is 0 Å². The largest absolute Gasteiger partial charge is 0.378 e. The van der Waals surface area contributed by atoms with Gasteiger partial charge in [-0.05, 0) is 25.9 Å². The van der Waals surface area contributed by atoms with Crippen molar-refractivity contribution in [1.82, 2.24) is 14.9 Å². The Hall–Kier alpha value is -1.96. The number of hydrogen-bond donors (Lipinski definition) is 1. The molecule has 20 heavy (non-hydrogen) atoms. The number of rotatable bonds is 5. The quantitative estimate of drug-likeness (QED) is 0.631. The van der Waals surface area contributed by atoms with E-state index in [9.17, 15) is 10.1 Å². The maximum atomic E-state index is 11.1. The second-order valence-corrected chi connectivity index (χ2v) is 4.99. The van der Waals surface area contributed by atoms with E-state index in [2.05, 4.69) is 21.8 Å². The molecule has 110 valence electrons. The molecule has 1 fully saturated rings. The van der Waals surface area contributed by atoms with E-state index in [1.54, 1.807) is 11.9 Å². The molecule has 1 saturated heterocycles. The summed E-state index contributed by atoms with van der Waals surface area (Å²) >= 11 is 0. The molecule has 1 aromatic rings. The first-order valence-electron chi connectivity index (χ1n) is 6.74. The van der Waals surface area contributed by atoms with Gasteiger partial charge >= 0.3 is 5.69 Å². The van der Waals surface area contributed by atoms with E-state index in [-0.39, 0.29) is 17.3 Å². The molecule has 2 rings (SSSR count). The van der Waals surface area contributed by atoms with Gasteiger partial charge in [0.05, 0.1) is 4.92 Å². The minimum absolute atomic E-state index is 0.0920. The molecule has 1 atom stereocenters. The molecule has 0 saturated carbocycles. The highest BCUT2D eigenvalue weighted by Crippen LogP contribution is 2.30. The van der Waals surface area contributed by atoms with Crippen LogP contribution in [0.1, 0.15) is 19.8 Å². The van der Waals surface area contributed by atoms with Crippen molar-refractivity contribution in [3.63, 3.8) is 0 Å². The lowest BCUT2D eigenvalue weighted by molar-refractivity contribution is -0.383. The molecule has 1 aliphatic rings. The Bertz CT molecular complexity index is 495. The van der Waals surface area contributed by atoms with Gasteiger partial charge in [-0.3, -0.25) is 15.0 Å². The third-order valence-corrected chi connectivity index (χ3v) is 3.77. The van der Waals surface area contributed by atoms with Crippen molar-refractivity contribution < 1.29 is 4.92 Å². The first kappa shape index (κ1) is 14.4. The van der Waals surface area contributed by atoms with Gasteiger partial charge in [0.2, 0.25) is 11.6 Å². The summed E-state index contributed by atoms with van der Waals surface area (Å²) in [5, 5.41) is 11.1. The van der Waals surface area contributed by atoms with E-state index in [1.165, 1.54) is 12.7 Å². The Morgan fingerprint density at radius 3 is 3.00 bits per heavy atom. The van der Waals surface area contributed by atoms with Gasteiger partial charge in [-0.2, -0.15) is 0 Å². The van der Waals surface area contributed by atoms with E-state index in [0.717, 1.165) is 19.5 Å². The summed E-state index contributed by atoms with van der Waals surface area (Å²) in [6.45, 7) is 4.91. The van der Waals surface area contributed by atoms with E-state index >= 15 is 0 Å². The predicted octanol–water partition coefficient (Wildman–Crippen LogP) is 0.887. The lowest BCUT2D eigenvalue weighted by Gasteiger charge is -2.28. The predicted molar refractivity (Wildman–Crippen MR) is 76.6 cm³/mol. The smallest absolute Gasteiger partial charge is 0.353 e. The number of nitrogens with two attached hydrogens (primary N) is 1. The summed E-state index contributed by atoms with van der Waals surface area (Å²) in [6.07, 6.45) is 3.54. The average Bonchev–Trinajstić information content (AvgIpc) is 2.85. The molecule has 0 amide bonds. The van der Waals surface area contributed by atoms with Gasteiger partial charge in [0.1, 0.15) is 6.33 Å². The van der Waals surface area contributed by atoms with E-state index in [0.29, 0.717) is 12.6 Å². The fraction of sp³-hybridized carbons (Fsp3) is 0.667. The first-order chi connectivity index (χ1) is 9.54. The molecule has 8 heteroatoms. The van der Waals surface area contributed by atoms with Gasteiger partial charge in [0.25, 0.3) is 0 Å². The third kappa shape index (κ3) is 2.79. The van der Waals surface area contributed by atoms with Crippen LogP contribution in [-0.2, 0) is 0 Å². The van der Waals surface area contributed by atoms with Crippen LogP contribution in [0.25, 0.3) is 0 Å².